The van der Waals surface area contributed by atoms with E-state index in [0.29, 0.717) is 33.8 Å². The Morgan fingerprint density at radius 1 is 1.04 bits per heavy atom. The molecular weight excluding hydrogens is 371 g/mol. The van der Waals surface area contributed by atoms with Gasteiger partial charge in [-0.1, -0.05) is 53.0 Å². The first-order valence-corrected chi connectivity index (χ1v) is 8.65. The molecule has 26 heavy (non-hydrogen) atoms. The Hall–Kier alpha value is -2.63. The minimum absolute atomic E-state index is 0.238. The standard InChI is InChI=1S/C19H16Cl2N4O/c1-12-2-4-13(5-3-12)9-22-18(26)14-10-23-19(24-11-14)25-17-8-15(20)6-7-16(17)21/h2-8,10-11H,9H2,1H3,(H,22,26)(H,23,24,25). The number of benzene rings is 2. The van der Waals surface area contributed by atoms with E-state index < -0.39 is 0 Å². The molecule has 7 heteroatoms. The number of aromatic nitrogens is 2. The van der Waals surface area contributed by atoms with Crippen molar-refractivity contribution in [1.29, 1.82) is 0 Å². The van der Waals surface area contributed by atoms with Gasteiger partial charge in [0, 0.05) is 24.0 Å². The Labute approximate surface area is 161 Å². The highest BCUT2D eigenvalue weighted by Crippen LogP contribution is 2.27. The van der Waals surface area contributed by atoms with E-state index >= 15 is 0 Å². The average Bonchev–Trinajstić information content (AvgIpc) is 2.64. The molecule has 0 radical (unpaired) electrons. The third-order valence-electron chi connectivity index (χ3n) is 3.66. The van der Waals surface area contributed by atoms with Gasteiger partial charge in [-0.3, -0.25) is 4.79 Å². The normalized spacial score (nSPS) is 10.4. The molecule has 2 N–H and O–H groups in total. The van der Waals surface area contributed by atoms with Crippen LogP contribution in [0.25, 0.3) is 0 Å². The zero-order valence-corrected chi connectivity index (χ0v) is 15.5. The fourth-order valence-corrected chi connectivity index (χ4v) is 2.55. The van der Waals surface area contributed by atoms with E-state index in [0.717, 1.165) is 5.56 Å². The molecule has 0 aliphatic rings. The SMILES string of the molecule is Cc1ccc(CNC(=O)c2cnc(Nc3cc(Cl)ccc3Cl)nc2)cc1. The smallest absolute Gasteiger partial charge is 0.254 e. The van der Waals surface area contributed by atoms with Crippen LogP contribution in [-0.4, -0.2) is 15.9 Å². The number of halogens is 2. The van der Waals surface area contributed by atoms with Gasteiger partial charge in [-0.2, -0.15) is 0 Å². The second-order valence-electron chi connectivity index (χ2n) is 5.71. The molecule has 0 saturated carbocycles. The van der Waals surface area contributed by atoms with Crippen molar-refractivity contribution in [1.82, 2.24) is 15.3 Å². The molecule has 0 fully saturated rings. The van der Waals surface area contributed by atoms with Gasteiger partial charge < -0.3 is 10.6 Å². The van der Waals surface area contributed by atoms with Crippen molar-refractivity contribution in [2.75, 3.05) is 5.32 Å². The van der Waals surface area contributed by atoms with Gasteiger partial charge in [0.25, 0.3) is 5.91 Å². The van der Waals surface area contributed by atoms with Crippen molar-refractivity contribution in [3.63, 3.8) is 0 Å². The topological polar surface area (TPSA) is 66.9 Å². The quantitative estimate of drug-likeness (QED) is 0.662. The Kier molecular flexibility index (Phi) is 5.71. The van der Waals surface area contributed by atoms with Gasteiger partial charge in [-0.25, -0.2) is 9.97 Å². The number of nitrogens with one attached hydrogen (secondary N) is 2. The molecule has 1 aromatic heterocycles. The zero-order chi connectivity index (χ0) is 18.5. The van der Waals surface area contributed by atoms with E-state index in [2.05, 4.69) is 20.6 Å². The monoisotopic (exact) mass is 386 g/mol. The molecule has 1 heterocycles. The Balaban J connectivity index is 1.62. The van der Waals surface area contributed by atoms with Crippen LogP contribution in [0.1, 0.15) is 21.5 Å². The lowest BCUT2D eigenvalue weighted by molar-refractivity contribution is 0.0950. The first-order valence-electron chi connectivity index (χ1n) is 7.89. The van der Waals surface area contributed by atoms with Crippen molar-refractivity contribution in [2.45, 2.75) is 13.5 Å². The second kappa shape index (κ2) is 8.17. The number of anilines is 2. The van der Waals surface area contributed by atoms with E-state index in [-0.39, 0.29) is 5.91 Å². The summed E-state index contributed by atoms with van der Waals surface area (Å²) >= 11 is 12.0. The zero-order valence-electron chi connectivity index (χ0n) is 14.0. The van der Waals surface area contributed by atoms with Crippen LogP contribution in [0.2, 0.25) is 10.0 Å². The van der Waals surface area contributed by atoms with Crippen LogP contribution in [0.4, 0.5) is 11.6 Å². The summed E-state index contributed by atoms with van der Waals surface area (Å²) in [6, 6.07) is 13.0. The largest absolute Gasteiger partial charge is 0.348 e. The van der Waals surface area contributed by atoms with Crippen LogP contribution in [-0.2, 0) is 6.54 Å². The summed E-state index contributed by atoms with van der Waals surface area (Å²) in [6.45, 7) is 2.46. The summed E-state index contributed by atoms with van der Waals surface area (Å²) in [5, 5.41) is 6.86. The van der Waals surface area contributed by atoms with Crippen molar-refractivity contribution >= 4 is 40.7 Å². The number of aryl methyl sites for hydroxylation is 1. The number of carbonyl (C=O) groups is 1. The van der Waals surface area contributed by atoms with Crippen LogP contribution < -0.4 is 10.6 Å². The Morgan fingerprint density at radius 3 is 2.42 bits per heavy atom. The van der Waals surface area contributed by atoms with Crippen molar-refractivity contribution < 1.29 is 4.79 Å². The highest BCUT2D eigenvalue weighted by atomic mass is 35.5. The lowest BCUT2D eigenvalue weighted by Crippen LogP contribution is -2.23. The van der Waals surface area contributed by atoms with Gasteiger partial charge in [0.15, 0.2) is 0 Å². The average molecular weight is 387 g/mol. The molecule has 132 valence electrons. The van der Waals surface area contributed by atoms with Gasteiger partial charge >= 0.3 is 0 Å². The number of hydrogen-bond acceptors (Lipinski definition) is 4. The first kappa shape index (κ1) is 18.2. The van der Waals surface area contributed by atoms with E-state index in [1.165, 1.54) is 18.0 Å². The fourth-order valence-electron chi connectivity index (χ4n) is 2.21. The van der Waals surface area contributed by atoms with E-state index in [4.69, 9.17) is 23.2 Å². The molecule has 0 unspecified atom stereocenters. The van der Waals surface area contributed by atoms with Crippen LogP contribution in [0.15, 0.2) is 54.9 Å². The summed E-state index contributed by atoms with van der Waals surface area (Å²) in [5.74, 6) is 0.0853. The third kappa shape index (κ3) is 4.71. The van der Waals surface area contributed by atoms with Crippen molar-refractivity contribution in [2.24, 2.45) is 0 Å². The maximum absolute atomic E-state index is 12.2. The number of carbonyl (C=O) groups excluding carboxylic acids is 1. The predicted octanol–water partition coefficient (Wildman–Crippen LogP) is 4.77. The van der Waals surface area contributed by atoms with E-state index in [1.54, 1.807) is 18.2 Å². The molecule has 0 aliphatic carbocycles. The van der Waals surface area contributed by atoms with Crippen LogP contribution in [0, 0.1) is 6.92 Å². The summed E-state index contributed by atoms with van der Waals surface area (Å²) in [6.07, 6.45) is 2.91. The van der Waals surface area contributed by atoms with Crippen molar-refractivity contribution in [3.8, 4) is 0 Å². The van der Waals surface area contributed by atoms with Gasteiger partial charge in [-0.15, -0.1) is 0 Å². The minimum Gasteiger partial charge on any atom is -0.348 e. The Morgan fingerprint density at radius 2 is 1.73 bits per heavy atom. The first-order chi connectivity index (χ1) is 12.5. The molecule has 0 spiro atoms. The molecule has 5 nitrogen and oxygen atoms in total. The van der Waals surface area contributed by atoms with Crippen molar-refractivity contribution in [3.05, 3.63) is 81.6 Å². The van der Waals surface area contributed by atoms with Crippen LogP contribution in [0.3, 0.4) is 0 Å². The molecule has 0 bridgehead atoms. The minimum atomic E-state index is -0.238. The predicted molar refractivity (Wildman–Crippen MR) is 104 cm³/mol. The van der Waals surface area contributed by atoms with E-state index in [9.17, 15) is 4.79 Å². The Bertz CT molecular complexity index is 912. The maximum Gasteiger partial charge on any atom is 0.254 e. The molecule has 0 saturated heterocycles. The highest BCUT2D eigenvalue weighted by Gasteiger charge is 2.08. The molecule has 0 atom stereocenters. The number of nitrogens with zero attached hydrogens (tertiary/aromatic N) is 2. The summed E-state index contributed by atoms with van der Waals surface area (Å²) in [7, 11) is 0. The second-order valence-corrected chi connectivity index (χ2v) is 6.56. The molecule has 2 aromatic carbocycles. The fraction of sp³-hybridized carbons (Fsp3) is 0.105. The maximum atomic E-state index is 12.2. The summed E-state index contributed by atoms with van der Waals surface area (Å²) < 4.78 is 0. The lowest BCUT2D eigenvalue weighted by Gasteiger charge is -2.08. The molecule has 3 rings (SSSR count). The summed E-state index contributed by atoms with van der Waals surface area (Å²) in [5.41, 5.74) is 3.17. The third-order valence-corrected chi connectivity index (χ3v) is 4.23. The number of amides is 1. The van der Waals surface area contributed by atoms with Crippen LogP contribution in [0.5, 0.6) is 0 Å². The molecular formula is C19H16Cl2N4O. The van der Waals surface area contributed by atoms with Crippen LogP contribution >= 0.6 is 23.2 Å². The van der Waals surface area contributed by atoms with Gasteiger partial charge in [-0.05, 0) is 30.7 Å². The molecule has 1 amide bonds. The molecule has 3 aromatic rings. The molecule has 0 aliphatic heterocycles. The lowest BCUT2D eigenvalue weighted by atomic mass is 10.1. The summed E-state index contributed by atoms with van der Waals surface area (Å²) in [4.78, 5) is 20.5. The van der Waals surface area contributed by atoms with Gasteiger partial charge in [0.1, 0.15) is 0 Å². The number of hydrogen-bond donors (Lipinski definition) is 2. The number of rotatable bonds is 5. The highest BCUT2D eigenvalue weighted by molar-refractivity contribution is 6.35. The van der Waals surface area contributed by atoms with Gasteiger partial charge in [0.2, 0.25) is 5.95 Å². The van der Waals surface area contributed by atoms with Gasteiger partial charge in [0.05, 0.1) is 16.3 Å². The van der Waals surface area contributed by atoms with E-state index in [1.807, 2.05) is 31.2 Å².